The van der Waals surface area contributed by atoms with Crippen LogP contribution >= 0.6 is 45.5 Å². The number of hydrogen-bond donors (Lipinski definition) is 0. The predicted octanol–water partition coefficient (Wildman–Crippen LogP) is 2.63. The fourth-order valence-corrected chi connectivity index (χ4v) is 1.91. The molecule has 1 fully saturated rings. The highest BCUT2D eigenvalue weighted by atomic mass is 127. The summed E-state index contributed by atoms with van der Waals surface area (Å²) < 4.78 is 2.96. The lowest BCUT2D eigenvalue weighted by molar-refractivity contribution is 0.366. The molecule has 0 unspecified atom stereocenters. The summed E-state index contributed by atoms with van der Waals surface area (Å²) in [5.74, 6) is 0. The number of alkyl halides is 1. The molecular formula is C6H11I2N. The van der Waals surface area contributed by atoms with Gasteiger partial charge in [-0.2, -0.15) is 0 Å². The third-order valence-electron chi connectivity index (χ3n) is 1.75. The van der Waals surface area contributed by atoms with Crippen LogP contribution < -0.4 is 0 Å². The third kappa shape index (κ3) is 2.88. The van der Waals surface area contributed by atoms with Crippen LogP contribution in [0.4, 0.5) is 0 Å². The smallest absolute Gasteiger partial charge is 0.0219 e. The molecule has 0 aliphatic carbocycles. The first-order valence-corrected chi connectivity index (χ1v) is 5.24. The molecule has 0 aromatic rings. The first-order valence-electron chi connectivity index (χ1n) is 3.20. The average molecular weight is 351 g/mol. The molecule has 1 aliphatic heterocycles. The van der Waals surface area contributed by atoms with Crippen molar-refractivity contribution in [2.75, 3.05) is 13.1 Å². The molecule has 1 nitrogen and oxygen atoms in total. The first kappa shape index (κ1) is 8.52. The van der Waals surface area contributed by atoms with E-state index in [4.69, 9.17) is 0 Å². The lowest BCUT2D eigenvalue weighted by Crippen LogP contribution is -2.33. The minimum Gasteiger partial charge on any atom is -0.247 e. The van der Waals surface area contributed by atoms with Gasteiger partial charge in [0.2, 0.25) is 0 Å². The van der Waals surface area contributed by atoms with E-state index in [0.717, 1.165) is 0 Å². The van der Waals surface area contributed by atoms with Gasteiger partial charge in [0.25, 0.3) is 0 Å². The number of nitrogens with zero attached hydrogens (tertiary/aromatic N) is 1. The third-order valence-corrected chi connectivity index (χ3v) is 3.80. The minimum atomic E-state index is 0.583. The zero-order valence-electron chi connectivity index (χ0n) is 5.53. The Balaban J connectivity index is 2.35. The normalized spacial score (nSPS) is 28.3. The maximum absolute atomic E-state index is 2.57. The van der Waals surface area contributed by atoms with Crippen LogP contribution in [0.1, 0.15) is 19.8 Å². The molecule has 0 spiro atoms. The van der Waals surface area contributed by atoms with E-state index in [2.05, 4.69) is 55.5 Å². The molecule has 0 amide bonds. The highest BCUT2D eigenvalue weighted by Gasteiger charge is 2.25. The Labute approximate surface area is 84.2 Å². The van der Waals surface area contributed by atoms with E-state index in [1.807, 2.05) is 0 Å². The van der Waals surface area contributed by atoms with Gasteiger partial charge in [-0.15, -0.1) is 0 Å². The van der Waals surface area contributed by atoms with E-state index in [-0.39, 0.29) is 0 Å². The fraction of sp³-hybridized carbons (Fsp3) is 1.00. The van der Waals surface area contributed by atoms with Crippen molar-refractivity contribution in [3.8, 4) is 0 Å². The summed E-state index contributed by atoms with van der Waals surface area (Å²) in [6.07, 6.45) is 2.69. The molecule has 0 atom stereocenters. The van der Waals surface area contributed by atoms with Gasteiger partial charge in [-0.3, -0.25) is 0 Å². The van der Waals surface area contributed by atoms with Gasteiger partial charge in [-0.05, 0) is 12.8 Å². The predicted molar refractivity (Wildman–Crippen MR) is 57.3 cm³/mol. The molecule has 1 heterocycles. The standard InChI is InChI=1S/C6H11I2N/c1-6(7)2-4-9(8)5-3-6/h2-5H2,1H3. The molecule has 0 bridgehead atoms. The second kappa shape index (κ2) is 3.21. The SMILES string of the molecule is CC1(I)CCN(I)CC1. The van der Waals surface area contributed by atoms with Crippen molar-refractivity contribution >= 4 is 45.5 Å². The Hall–Kier alpha value is 1.42. The fourth-order valence-electron chi connectivity index (χ4n) is 0.946. The molecule has 0 aromatic heterocycles. The van der Waals surface area contributed by atoms with Crippen LogP contribution in [0.2, 0.25) is 0 Å². The minimum absolute atomic E-state index is 0.583. The zero-order chi connectivity index (χ0) is 6.91. The summed E-state index contributed by atoms with van der Waals surface area (Å²) in [7, 11) is 0. The molecule has 1 rings (SSSR count). The Morgan fingerprint density at radius 1 is 1.33 bits per heavy atom. The molecule has 9 heavy (non-hydrogen) atoms. The zero-order valence-corrected chi connectivity index (χ0v) is 9.85. The van der Waals surface area contributed by atoms with Crippen LogP contribution in [0.25, 0.3) is 0 Å². The summed E-state index contributed by atoms with van der Waals surface area (Å²) in [6.45, 7) is 4.87. The largest absolute Gasteiger partial charge is 0.247 e. The van der Waals surface area contributed by atoms with Gasteiger partial charge in [-0.25, -0.2) is 3.11 Å². The van der Waals surface area contributed by atoms with Gasteiger partial charge >= 0.3 is 0 Å². The van der Waals surface area contributed by atoms with Crippen molar-refractivity contribution in [3.05, 3.63) is 0 Å². The summed E-state index contributed by atoms with van der Waals surface area (Å²) in [4.78, 5) is 0. The molecule has 1 aliphatic rings. The van der Waals surface area contributed by atoms with Crippen LogP contribution in [0.5, 0.6) is 0 Å². The van der Waals surface area contributed by atoms with Crippen LogP contribution in [0.3, 0.4) is 0 Å². The number of hydrogen-bond acceptors (Lipinski definition) is 1. The Morgan fingerprint density at radius 2 is 1.78 bits per heavy atom. The molecule has 54 valence electrons. The van der Waals surface area contributed by atoms with Crippen LogP contribution in [-0.4, -0.2) is 19.6 Å². The van der Waals surface area contributed by atoms with Crippen LogP contribution in [0.15, 0.2) is 0 Å². The van der Waals surface area contributed by atoms with E-state index in [9.17, 15) is 0 Å². The number of halogens is 2. The molecule has 0 saturated carbocycles. The summed E-state index contributed by atoms with van der Waals surface area (Å²) in [5.41, 5.74) is 0. The highest BCUT2D eigenvalue weighted by Crippen LogP contribution is 2.31. The summed E-state index contributed by atoms with van der Waals surface area (Å²) in [5, 5.41) is 0. The van der Waals surface area contributed by atoms with Crippen molar-refractivity contribution in [2.45, 2.75) is 23.2 Å². The molecule has 0 N–H and O–H groups in total. The molecule has 0 aromatic carbocycles. The summed E-state index contributed by atoms with van der Waals surface area (Å²) in [6, 6.07) is 0. The monoisotopic (exact) mass is 351 g/mol. The highest BCUT2D eigenvalue weighted by molar-refractivity contribution is 14.1. The number of piperidine rings is 1. The van der Waals surface area contributed by atoms with Gasteiger partial charge in [0, 0.05) is 39.4 Å². The van der Waals surface area contributed by atoms with Crippen molar-refractivity contribution in [1.82, 2.24) is 3.11 Å². The van der Waals surface area contributed by atoms with Crippen molar-refractivity contribution in [1.29, 1.82) is 0 Å². The van der Waals surface area contributed by atoms with E-state index >= 15 is 0 Å². The lowest BCUT2D eigenvalue weighted by atomic mass is 10.0. The quantitative estimate of drug-likeness (QED) is 0.369. The Kier molecular flexibility index (Phi) is 3.04. The Morgan fingerprint density at radius 3 is 2.11 bits per heavy atom. The van der Waals surface area contributed by atoms with E-state index in [0.29, 0.717) is 3.42 Å². The van der Waals surface area contributed by atoms with Gasteiger partial charge in [0.1, 0.15) is 0 Å². The van der Waals surface area contributed by atoms with E-state index in [1.165, 1.54) is 25.9 Å². The van der Waals surface area contributed by atoms with Crippen molar-refractivity contribution in [3.63, 3.8) is 0 Å². The first-order chi connectivity index (χ1) is 4.10. The van der Waals surface area contributed by atoms with Crippen LogP contribution in [-0.2, 0) is 0 Å². The van der Waals surface area contributed by atoms with Gasteiger partial charge in [-0.1, -0.05) is 29.5 Å². The van der Waals surface area contributed by atoms with Crippen molar-refractivity contribution in [2.24, 2.45) is 0 Å². The maximum Gasteiger partial charge on any atom is 0.0219 e. The van der Waals surface area contributed by atoms with Crippen LogP contribution in [0, 0.1) is 0 Å². The maximum atomic E-state index is 2.57. The topological polar surface area (TPSA) is 3.24 Å². The second-order valence-corrected chi connectivity index (χ2v) is 6.79. The van der Waals surface area contributed by atoms with Gasteiger partial charge < -0.3 is 0 Å². The molecular weight excluding hydrogens is 340 g/mol. The molecule has 0 radical (unpaired) electrons. The van der Waals surface area contributed by atoms with Crippen molar-refractivity contribution < 1.29 is 0 Å². The molecule has 3 heteroatoms. The summed E-state index contributed by atoms with van der Waals surface area (Å²) >= 11 is 4.97. The average Bonchev–Trinajstić information content (AvgIpc) is 1.78. The van der Waals surface area contributed by atoms with E-state index in [1.54, 1.807) is 0 Å². The van der Waals surface area contributed by atoms with E-state index < -0.39 is 0 Å². The molecule has 1 saturated heterocycles. The second-order valence-electron chi connectivity index (χ2n) is 2.82. The van der Waals surface area contributed by atoms with Gasteiger partial charge in [0.05, 0.1) is 0 Å². The van der Waals surface area contributed by atoms with Gasteiger partial charge in [0.15, 0.2) is 0 Å². The lowest BCUT2D eigenvalue weighted by Gasteiger charge is -2.31. The number of rotatable bonds is 0. The Bertz CT molecular complexity index is 93.2.